The highest BCUT2D eigenvalue weighted by atomic mass is 16.3. The largest absolute Gasteiger partial charge is 0.456 e. The Morgan fingerprint density at radius 1 is 0.411 bits per heavy atom. The lowest BCUT2D eigenvalue weighted by molar-refractivity contribution is 0.669. The Morgan fingerprint density at radius 3 is 1.88 bits per heavy atom. The van der Waals surface area contributed by atoms with Crippen molar-refractivity contribution in [3.8, 4) is 62.1 Å². The molecule has 11 aromatic rings. The highest BCUT2D eigenvalue weighted by Crippen LogP contribution is 2.39. The lowest BCUT2D eigenvalue weighted by Gasteiger charge is -2.12. The van der Waals surface area contributed by atoms with E-state index in [-0.39, 0.29) is 27.4 Å². The number of nitrogens with zero attached hydrogens (tertiary/aromatic N) is 4. The maximum absolute atomic E-state index is 9.32. The third-order valence-corrected chi connectivity index (χ3v) is 9.86. The van der Waals surface area contributed by atoms with E-state index in [1.165, 1.54) is 0 Å². The van der Waals surface area contributed by atoms with Crippen LogP contribution in [0.15, 0.2) is 198 Å². The number of hydrogen-bond donors (Lipinski definition) is 0. The van der Waals surface area contributed by atoms with Gasteiger partial charge in [0.25, 0.3) is 0 Å². The first-order valence-corrected chi connectivity index (χ1v) is 17.8. The van der Waals surface area contributed by atoms with Crippen molar-refractivity contribution in [3.05, 3.63) is 194 Å². The molecule has 0 aliphatic carbocycles. The third kappa shape index (κ3) is 5.37. The molecule has 0 unspecified atom stereocenters. The lowest BCUT2D eigenvalue weighted by Crippen LogP contribution is -2.00. The second-order valence-corrected chi connectivity index (χ2v) is 13.1. The summed E-state index contributed by atoms with van der Waals surface area (Å²) < 4.78 is 113. The standard InChI is InChI=1S/C51H32N4O/c1-3-13-33(14-4-1)36-15-11-16-37(31-36)50-52-49(53-51(54-50)38-29-30-43-42-20-8-10-24-46(42)56-47(43)32-38)35-27-25-34(26-28-35)40-21-12-22-44-41-19-7-9-23-45(41)55(48(40)44)39-17-5-2-6-18-39/h1-32H/i2D,5D,6D,7D,9D,12D,17D,18D,19D,21D,22D,23D. The maximum Gasteiger partial charge on any atom is 0.164 e. The van der Waals surface area contributed by atoms with Gasteiger partial charge in [0.15, 0.2) is 17.5 Å². The van der Waals surface area contributed by atoms with Crippen LogP contribution in [0, 0.1) is 0 Å². The first-order valence-electron chi connectivity index (χ1n) is 23.8. The topological polar surface area (TPSA) is 56.7 Å². The van der Waals surface area contributed by atoms with Gasteiger partial charge in [-0.2, -0.15) is 0 Å². The van der Waals surface area contributed by atoms with Gasteiger partial charge in [-0.25, -0.2) is 15.0 Å². The molecule has 0 aliphatic rings. The van der Waals surface area contributed by atoms with E-state index >= 15 is 0 Å². The zero-order valence-electron chi connectivity index (χ0n) is 41.2. The van der Waals surface area contributed by atoms with Gasteiger partial charge in [0, 0.05) is 49.5 Å². The molecular weight excluding hydrogens is 685 g/mol. The number of para-hydroxylation sites is 4. The molecule has 262 valence electrons. The van der Waals surface area contributed by atoms with Crippen LogP contribution in [0.5, 0.6) is 0 Å². The van der Waals surface area contributed by atoms with Crippen molar-refractivity contribution in [2.24, 2.45) is 0 Å². The number of benzene rings is 8. The Bertz CT molecular complexity index is 3920. The summed E-state index contributed by atoms with van der Waals surface area (Å²) in [6.07, 6.45) is 0. The SMILES string of the molecule is [2H]c1c([2H])c([2H])c(-n2c3c([2H])c([2H])c([2H])c([2H])c3c3c([2H])c([2H])c([2H])c(-c4ccc(-c5nc(-c6cccc(-c7ccccc7)c6)nc(-c6ccc7c(c6)oc6ccccc67)n5)cc4)c32)c([2H])c1[2H]. The molecule has 8 aromatic carbocycles. The maximum atomic E-state index is 9.32. The Kier molecular flexibility index (Phi) is 5.10. The van der Waals surface area contributed by atoms with Gasteiger partial charge in [0.2, 0.25) is 0 Å². The molecule has 0 saturated carbocycles. The number of rotatable bonds is 6. The minimum Gasteiger partial charge on any atom is -0.456 e. The van der Waals surface area contributed by atoms with Crippen LogP contribution < -0.4 is 0 Å². The van der Waals surface area contributed by atoms with Crippen LogP contribution in [0.3, 0.4) is 0 Å². The van der Waals surface area contributed by atoms with Gasteiger partial charge in [-0.15, -0.1) is 0 Å². The lowest BCUT2D eigenvalue weighted by atomic mass is 10.0. The van der Waals surface area contributed by atoms with Crippen molar-refractivity contribution in [1.29, 1.82) is 0 Å². The van der Waals surface area contributed by atoms with Crippen LogP contribution in [0.4, 0.5) is 0 Å². The number of furan rings is 1. The molecule has 0 N–H and O–H groups in total. The van der Waals surface area contributed by atoms with Gasteiger partial charge >= 0.3 is 0 Å². The average Bonchev–Trinajstić information content (AvgIpc) is 3.92. The molecule has 0 saturated heterocycles. The van der Waals surface area contributed by atoms with Gasteiger partial charge in [-0.3, -0.25) is 0 Å². The zero-order valence-corrected chi connectivity index (χ0v) is 29.2. The second kappa shape index (κ2) is 13.0. The van der Waals surface area contributed by atoms with Crippen molar-refractivity contribution >= 4 is 43.7 Å². The minimum atomic E-state index is -0.697. The first kappa shape index (κ1) is 21.9. The van der Waals surface area contributed by atoms with E-state index in [0.717, 1.165) is 37.6 Å². The van der Waals surface area contributed by atoms with Gasteiger partial charge < -0.3 is 8.98 Å². The Balaban J connectivity index is 1.14. The molecule has 56 heavy (non-hydrogen) atoms. The van der Waals surface area contributed by atoms with Gasteiger partial charge in [-0.05, 0) is 59.1 Å². The van der Waals surface area contributed by atoms with Crippen LogP contribution in [-0.4, -0.2) is 19.5 Å². The molecule has 11 rings (SSSR count). The van der Waals surface area contributed by atoms with Crippen LogP contribution in [0.1, 0.15) is 16.4 Å². The van der Waals surface area contributed by atoms with Crippen LogP contribution in [-0.2, 0) is 0 Å². The summed E-state index contributed by atoms with van der Waals surface area (Å²) in [4.78, 5) is 14.9. The Labute approximate surface area is 339 Å². The highest BCUT2D eigenvalue weighted by Gasteiger charge is 2.18. The number of aromatic nitrogens is 4. The second-order valence-electron chi connectivity index (χ2n) is 13.1. The van der Waals surface area contributed by atoms with Crippen molar-refractivity contribution in [2.75, 3.05) is 0 Å². The molecule has 3 aromatic heterocycles. The molecule has 0 bridgehead atoms. The van der Waals surface area contributed by atoms with E-state index in [0.29, 0.717) is 39.7 Å². The molecule has 0 spiro atoms. The summed E-state index contributed by atoms with van der Waals surface area (Å²) in [6, 6.07) is 30.7. The summed E-state index contributed by atoms with van der Waals surface area (Å²) in [5.74, 6) is 1.05. The molecule has 5 heteroatoms. The molecule has 0 aliphatic heterocycles. The summed E-state index contributed by atoms with van der Waals surface area (Å²) in [5.41, 5.74) is 4.75. The van der Waals surface area contributed by atoms with Gasteiger partial charge in [0.05, 0.1) is 27.5 Å². The quantitative estimate of drug-likeness (QED) is 0.171. The highest BCUT2D eigenvalue weighted by molar-refractivity contribution is 6.14. The molecule has 0 amide bonds. The molecular formula is C51H32N4O. The smallest absolute Gasteiger partial charge is 0.164 e. The fourth-order valence-electron chi connectivity index (χ4n) is 7.24. The van der Waals surface area contributed by atoms with Gasteiger partial charge in [0.1, 0.15) is 11.2 Å². The van der Waals surface area contributed by atoms with Crippen LogP contribution >= 0.6 is 0 Å². The summed E-state index contributed by atoms with van der Waals surface area (Å²) in [6.45, 7) is 0. The van der Waals surface area contributed by atoms with Crippen molar-refractivity contribution < 1.29 is 20.9 Å². The fourth-order valence-corrected chi connectivity index (χ4v) is 7.24. The summed E-state index contributed by atoms with van der Waals surface area (Å²) in [5, 5.41) is 1.57. The normalized spacial score (nSPS) is 14.6. The minimum absolute atomic E-state index is 0.0127. The molecule has 0 atom stereocenters. The monoisotopic (exact) mass is 728 g/mol. The third-order valence-electron chi connectivity index (χ3n) is 9.86. The summed E-state index contributed by atoms with van der Waals surface area (Å²) >= 11 is 0. The average molecular weight is 729 g/mol. The van der Waals surface area contributed by atoms with Crippen LogP contribution in [0.25, 0.3) is 106 Å². The van der Waals surface area contributed by atoms with Crippen molar-refractivity contribution in [3.63, 3.8) is 0 Å². The molecule has 3 heterocycles. The molecule has 5 nitrogen and oxygen atoms in total. The van der Waals surface area contributed by atoms with Crippen LogP contribution in [0.2, 0.25) is 0 Å². The van der Waals surface area contributed by atoms with Crippen molar-refractivity contribution in [1.82, 2.24) is 19.5 Å². The zero-order chi connectivity index (χ0) is 47.4. The summed E-state index contributed by atoms with van der Waals surface area (Å²) in [7, 11) is 0. The predicted octanol–water partition coefficient (Wildman–Crippen LogP) is 13.2. The van der Waals surface area contributed by atoms with Gasteiger partial charge in [-0.1, -0.05) is 151 Å². The van der Waals surface area contributed by atoms with Crippen molar-refractivity contribution in [2.45, 2.75) is 0 Å². The Hall–Kier alpha value is -7.63. The Morgan fingerprint density at radius 2 is 1.04 bits per heavy atom. The molecule has 0 radical (unpaired) electrons. The first-order chi connectivity index (χ1) is 32.7. The fraction of sp³-hybridized carbons (Fsp3) is 0. The number of fused-ring (bicyclic) bond motifs is 6. The van der Waals surface area contributed by atoms with E-state index < -0.39 is 78.2 Å². The predicted molar refractivity (Wildman–Crippen MR) is 229 cm³/mol. The van der Waals surface area contributed by atoms with E-state index in [2.05, 4.69) is 0 Å². The van der Waals surface area contributed by atoms with E-state index in [1.807, 2.05) is 97.1 Å². The molecule has 0 fully saturated rings. The number of hydrogen-bond acceptors (Lipinski definition) is 4. The van der Waals surface area contributed by atoms with E-state index in [1.54, 1.807) is 24.3 Å². The van der Waals surface area contributed by atoms with E-state index in [9.17, 15) is 1.37 Å². The van der Waals surface area contributed by atoms with E-state index in [4.69, 9.17) is 34.4 Å².